The number of amides is 1. The Hall–Kier alpha value is -2.14. The highest BCUT2D eigenvalue weighted by molar-refractivity contribution is 6.28. The molecule has 1 amide bonds. The minimum absolute atomic E-state index is 0.199. The number of rotatable bonds is 3. The molecule has 1 atom stereocenters. The minimum atomic E-state index is -1.04. The van der Waals surface area contributed by atoms with E-state index in [1.807, 2.05) is 25.1 Å². The van der Waals surface area contributed by atoms with Crippen LogP contribution in [0, 0.1) is 6.92 Å². The van der Waals surface area contributed by atoms with Crippen LogP contribution < -0.4 is 5.32 Å². The van der Waals surface area contributed by atoms with Gasteiger partial charge in [-0.25, -0.2) is 14.8 Å². The molecule has 0 radical (unpaired) electrons. The first-order valence-corrected chi connectivity index (χ1v) is 6.44. The van der Waals surface area contributed by atoms with Crippen LogP contribution in [-0.4, -0.2) is 21.2 Å². The zero-order valence-corrected chi connectivity index (χ0v) is 11.8. The zero-order valence-electron chi connectivity index (χ0n) is 11.1. The van der Waals surface area contributed by atoms with Gasteiger partial charge in [-0.05, 0) is 48.7 Å². The van der Waals surface area contributed by atoms with Crippen molar-refractivity contribution >= 4 is 17.7 Å². The highest BCUT2D eigenvalue weighted by atomic mass is 35.5. The van der Waals surface area contributed by atoms with E-state index in [2.05, 4.69) is 15.3 Å². The van der Waals surface area contributed by atoms with Gasteiger partial charge in [0.05, 0.1) is 11.7 Å². The monoisotopic (exact) mass is 291 g/mol. The van der Waals surface area contributed by atoms with Gasteiger partial charge in [-0.2, -0.15) is 0 Å². The van der Waals surface area contributed by atoms with E-state index in [9.17, 15) is 4.79 Å². The standard InChI is InChI=1S/C14H14ClN3O2/c1-8-7-10(12-5-6-16-13(15)18-12)3-4-11(8)9(2)17-14(19)20/h3-7,9,17H,1-2H3,(H,19,20). The van der Waals surface area contributed by atoms with E-state index in [4.69, 9.17) is 16.7 Å². The first kappa shape index (κ1) is 14.3. The summed E-state index contributed by atoms with van der Waals surface area (Å²) in [4.78, 5) is 18.7. The van der Waals surface area contributed by atoms with Crippen molar-refractivity contribution in [2.45, 2.75) is 19.9 Å². The molecule has 1 heterocycles. The van der Waals surface area contributed by atoms with E-state index < -0.39 is 6.09 Å². The molecule has 2 N–H and O–H groups in total. The zero-order chi connectivity index (χ0) is 14.7. The molecule has 0 aliphatic carbocycles. The summed E-state index contributed by atoms with van der Waals surface area (Å²) in [7, 11) is 0. The minimum Gasteiger partial charge on any atom is -0.465 e. The number of nitrogens with one attached hydrogen (secondary N) is 1. The van der Waals surface area contributed by atoms with Crippen LogP contribution >= 0.6 is 11.6 Å². The molecular formula is C14H14ClN3O2. The molecule has 104 valence electrons. The van der Waals surface area contributed by atoms with Crippen molar-refractivity contribution in [3.8, 4) is 11.3 Å². The molecule has 0 bridgehead atoms. The number of hydrogen-bond acceptors (Lipinski definition) is 3. The van der Waals surface area contributed by atoms with Crippen LogP contribution in [0.3, 0.4) is 0 Å². The summed E-state index contributed by atoms with van der Waals surface area (Å²) in [6, 6.07) is 7.24. The lowest BCUT2D eigenvalue weighted by atomic mass is 9.99. The van der Waals surface area contributed by atoms with Crippen molar-refractivity contribution in [2.75, 3.05) is 0 Å². The first-order valence-electron chi connectivity index (χ1n) is 6.06. The predicted octanol–water partition coefficient (Wildman–Crippen LogP) is 3.43. The van der Waals surface area contributed by atoms with E-state index in [0.717, 1.165) is 22.4 Å². The lowest BCUT2D eigenvalue weighted by Gasteiger charge is -2.15. The van der Waals surface area contributed by atoms with Gasteiger partial charge in [-0.3, -0.25) is 0 Å². The maximum atomic E-state index is 10.7. The fraction of sp³-hybridized carbons (Fsp3) is 0.214. The Morgan fingerprint density at radius 1 is 1.40 bits per heavy atom. The van der Waals surface area contributed by atoms with Crippen LogP contribution in [-0.2, 0) is 0 Å². The Morgan fingerprint density at radius 2 is 2.15 bits per heavy atom. The van der Waals surface area contributed by atoms with Crippen LogP contribution in [0.25, 0.3) is 11.3 Å². The summed E-state index contributed by atoms with van der Waals surface area (Å²) in [5.74, 6) is 0. The topological polar surface area (TPSA) is 75.1 Å². The van der Waals surface area contributed by atoms with Gasteiger partial charge in [0.15, 0.2) is 0 Å². The second kappa shape index (κ2) is 5.88. The van der Waals surface area contributed by atoms with Gasteiger partial charge in [0.2, 0.25) is 5.28 Å². The third kappa shape index (κ3) is 3.24. The van der Waals surface area contributed by atoms with Gasteiger partial charge < -0.3 is 10.4 Å². The van der Waals surface area contributed by atoms with E-state index in [0.29, 0.717) is 0 Å². The Balaban J connectivity index is 2.32. The average molecular weight is 292 g/mol. The van der Waals surface area contributed by atoms with Crippen molar-refractivity contribution in [2.24, 2.45) is 0 Å². The number of nitrogens with zero attached hydrogens (tertiary/aromatic N) is 2. The fourth-order valence-electron chi connectivity index (χ4n) is 2.08. The number of aryl methyl sites for hydroxylation is 1. The largest absolute Gasteiger partial charge is 0.465 e. The summed E-state index contributed by atoms with van der Waals surface area (Å²) >= 11 is 5.78. The van der Waals surface area contributed by atoms with Crippen LogP contribution in [0.4, 0.5) is 4.79 Å². The van der Waals surface area contributed by atoms with Crippen molar-refractivity contribution in [3.63, 3.8) is 0 Å². The van der Waals surface area contributed by atoms with E-state index in [1.54, 1.807) is 19.2 Å². The molecule has 0 aliphatic rings. The number of aromatic nitrogens is 2. The van der Waals surface area contributed by atoms with Crippen molar-refractivity contribution in [3.05, 3.63) is 46.9 Å². The summed E-state index contributed by atoms with van der Waals surface area (Å²) in [5.41, 5.74) is 3.56. The number of benzene rings is 1. The van der Waals surface area contributed by atoms with Crippen LogP contribution in [0.15, 0.2) is 30.5 Å². The molecule has 6 heteroatoms. The number of hydrogen-bond donors (Lipinski definition) is 2. The van der Waals surface area contributed by atoms with Gasteiger partial charge in [0.1, 0.15) is 0 Å². The quantitative estimate of drug-likeness (QED) is 0.850. The molecule has 0 spiro atoms. The molecule has 20 heavy (non-hydrogen) atoms. The summed E-state index contributed by atoms with van der Waals surface area (Å²) in [5, 5.41) is 11.4. The number of carboxylic acid groups (broad SMARTS) is 1. The molecule has 0 aliphatic heterocycles. The Bertz CT molecular complexity index is 646. The molecular weight excluding hydrogens is 278 g/mol. The molecule has 0 fully saturated rings. The second-order valence-corrected chi connectivity index (χ2v) is 4.79. The molecule has 0 saturated carbocycles. The smallest absolute Gasteiger partial charge is 0.405 e. The van der Waals surface area contributed by atoms with E-state index >= 15 is 0 Å². The molecule has 2 aromatic rings. The maximum absolute atomic E-state index is 10.7. The lowest BCUT2D eigenvalue weighted by Crippen LogP contribution is -2.24. The van der Waals surface area contributed by atoms with Crippen LogP contribution in [0.1, 0.15) is 24.1 Å². The Labute approximate surface area is 121 Å². The first-order chi connectivity index (χ1) is 9.47. The van der Waals surface area contributed by atoms with Crippen molar-refractivity contribution in [1.82, 2.24) is 15.3 Å². The van der Waals surface area contributed by atoms with Gasteiger partial charge in [0.25, 0.3) is 0 Å². The highest BCUT2D eigenvalue weighted by Gasteiger charge is 2.12. The lowest BCUT2D eigenvalue weighted by molar-refractivity contribution is 0.191. The number of halogens is 1. The third-order valence-corrected chi connectivity index (χ3v) is 3.18. The summed E-state index contributed by atoms with van der Waals surface area (Å²) < 4.78 is 0. The molecule has 1 unspecified atom stereocenters. The van der Waals surface area contributed by atoms with Crippen LogP contribution in [0.5, 0.6) is 0 Å². The SMILES string of the molecule is Cc1cc(-c2ccnc(Cl)n2)ccc1C(C)NC(=O)O. The average Bonchev–Trinajstić information content (AvgIpc) is 2.37. The van der Waals surface area contributed by atoms with Gasteiger partial charge in [-0.15, -0.1) is 0 Å². The molecule has 2 rings (SSSR count). The van der Waals surface area contributed by atoms with Gasteiger partial charge >= 0.3 is 6.09 Å². The molecule has 1 aromatic carbocycles. The van der Waals surface area contributed by atoms with E-state index in [-0.39, 0.29) is 11.3 Å². The van der Waals surface area contributed by atoms with Gasteiger partial charge in [0, 0.05) is 11.8 Å². The van der Waals surface area contributed by atoms with Crippen LogP contribution in [0.2, 0.25) is 5.28 Å². The summed E-state index contributed by atoms with van der Waals surface area (Å²) in [6.07, 6.45) is 0.561. The fourth-order valence-corrected chi connectivity index (χ4v) is 2.23. The summed E-state index contributed by atoms with van der Waals surface area (Å²) in [6.45, 7) is 3.74. The third-order valence-electron chi connectivity index (χ3n) is 3.00. The normalized spacial score (nSPS) is 11.9. The molecule has 1 aromatic heterocycles. The predicted molar refractivity (Wildman–Crippen MR) is 76.8 cm³/mol. The Morgan fingerprint density at radius 3 is 2.75 bits per heavy atom. The van der Waals surface area contributed by atoms with Crippen molar-refractivity contribution in [1.29, 1.82) is 0 Å². The molecule has 5 nitrogen and oxygen atoms in total. The number of carbonyl (C=O) groups is 1. The Kier molecular flexibility index (Phi) is 4.20. The second-order valence-electron chi connectivity index (χ2n) is 4.45. The molecule has 0 saturated heterocycles. The van der Waals surface area contributed by atoms with Gasteiger partial charge in [-0.1, -0.05) is 12.1 Å². The maximum Gasteiger partial charge on any atom is 0.405 e. The van der Waals surface area contributed by atoms with E-state index in [1.165, 1.54) is 0 Å². The van der Waals surface area contributed by atoms with Crippen molar-refractivity contribution < 1.29 is 9.90 Å². The highest BCUT2D eigenvalue weighted by Crippen LogP contribution is 2.24.